The maximum absolute atomic E-state index is 10.8. The maximum atomic E-state index is 10.8. The van der Waals surface area contributed by atoms with Gasteiger partial charge in [-0.25, -0.2) is 4.79 Å². The van der Waals surface area contributed by atoms with E-state index in [1.165, 1.54) is 12.1 Å². The topological polar surface area (TPSA) is 77.8 Å². The zero-order valence-electron chi connectivity index (χ0n) is 8.69. The number of benzene rings is 1. The number of aromatic carboxylic acids is 1. The molecule has 0 heterocycles. The molecular formula is C11H14O4. The van der Waals surface area contributed by atoms with E-state index in [0.717, 1.165) is 6.42 Å². The van der Waals surface area contributed by atoms with Crippen molar-refractivity contribution in [2.24, 2.45) is 0 Å². The number of carboxylic acid groups (broad SMARTS) is 1. The standard InChI is InChI=1S/C11H14O4/c1-3-6(2)7-4-8(11(14)15)10(13)9(12)5-7/h4-6,12-13H,3H2,1-2H3,(H,14,15). The second kappa shape index (κ2) is 4.21. The molecule has 0 fully saturated rings. The van der Waals surface area contributed by atoms with E-state index in [0.29, 0.717) is 5.56 Å². The molecule has 0 aliphatic rings. The van der Waals surface area contributed by atoms with Crippen molar-refractivity contribution in [1.29, 1.82) is 0 Å². The van der Waals surface area contributed by atoms with E-state index in [9.17, 15) is 15.0 Å². The highest BCUT2D eigenvalue weighted by atomic mass is 16.4. The molecule has 4 heteroatoms. The minimum Gasteiger partial charge on any atom is -0.504 e. The Morgan fingerprint density at radius 1 is 1.40 bits per heavy atom. The number of aromatic hydroxyl groups is 2. The molecule has 0 spiro atoms. The molecule has 3 N–H and O–H groups in total. The zero-order chi connectivity index (χ0) is 11.6. The van der Waals surface area contributed by atoms with E-state index in [2.05, 4.69) is 0 Å². The van der Waals surface area contributed by atoms with Crippen LogP contribution in [0, 0.1) is 0 Å². The van der Waals surface area contributed by atoms with Crippen LogP contribution in [-0.4, -0.2) is 21.3 Å². The Labute approximate surface area is 87.8 Å². The van der Waals surface area contributed by atoms with Crippen molar-refractivity contribution < 1.29 is 20.1 Å². The highest BCUT2D eigenvalue weighted by Gasteiger charge is 2.16. The summed E-state index contributed by atoms with van der Waals surface area (Å²) in [5.41, 5.74) is 0.454. The fourth-order valence-electron chi connectivity index (χ4n) is 1.32. The molecule has 1 aromatic carbocycles. The summed E-state index contributed by atoms with van der Waals surface area (Å²) in [6.07, 6.45) is 0.837. The van der Waals surface area contributed by atoms with Gasteiger partial charge in [0, 0.05) is 0 Å². The third kappa shape index (κ3) is 2.21. The van der Waals surface area contributed by atoms with Crippen molar-refractivity contribution in [3.05, 3.63) is 23.3 Å². The highest BCUT2D eigenvalue weighted by molar-refractivity contribution is 5.92. The first-order chi connectivity index (χ1) is 6.97. The van der Waals surface area contributed by atoms with Crippen molar-refractivity contribution in [2.45, 2.75) is 26.2 Å². The van der Waals surface area contributed by atoms with Crippen LogP contribution in [0.5, 0.6) is 11.5 Å². The van der Waals surface area contributed by atoms with Crippen LogP contribution in [0.2, 0.25) is 0 Å². The summed E-state index contributed by atoms with van der Waals surface area (Å²) in [5.74, 6) is -2.05. The number of carbonyl (C=O) groups is 1. The van der Waals surface area contributed by atoms with Gasteiger partial charge in [0.05, 0.1) is 0 Å². The molecule has 4 nitrogen and oxygen atoms in total. The Morgan fingerprint density at radius 2 is 2.00 bits per heavy atom. The minimum absolute atomic E-state index is 0.148. The third-order valence-corrected chi connectivity index (χ3v) is 2.52. The molecule has 0 bridgehead atoms. The Hall–Kier alpha value is -1.71. The van der Waals surface area contributed by atoms with Crippen molar-refractivity contribution >= 4 is 5.97 Å². The number of phenolic OH excluding ortho intramolecular Hbond substituents is 1. The molecule has 0 aliphatic carbocycles. The first kappa shape index (κ1) is 11.4. The van der Waals surface area contributed by atoms with Crippen molar-refractivity contribution in [3.63, 3.8) is 0 Å². The van der Waals surface area contributed by atoms with Gasteiger partial charge in [0.15, 0.2) is 11.5 Å². The van der Waals surface area contributed by atoms with Gasteiger partial charge in [0.25, 0.3) is 0 Å². The van der Waals surface area contributed by atoms with Crippen molar-refractivity contribution in [2.75, 3.05) is 0 Å². The van der Waals surface area contributed by atoms with Gasteiger partial charge in [-0.15, -0.1) is 0 Å². The number of phenols is 2. The predicted molar refractivity (Wildman–Crippen MR) is 55.4 cm³/mol. The van der Waals surface area contributed by atoms with Gasteiger partial charge in [0.2, 0.25) is 0 Å². The van der Waals surface area contributed by atoms with E-state index < -0.39 is 11.7 Å². The smallest absolute Gasteiger partial charge is 0.339 e. The van der Waals surface area contributed by atoms with E-state index in [1.807, 2.05) is 13.8 Å². The molecule has 0 radical (unpaired) electrons. The molecule has 0 aromatic heterocycles. The molecule has 15 heavy (non-hydrogen) atoms. The van der Waals surface area contributed by atoms with Crippen LogP contribution < -0.4 is 0 Å². The first-order valence-corrected chi connectivity index (χ1v) is 4.76. The number of hydrogen-bond acceptors (Lipinski definition) is 3. The summed E-state index contributed by atoms with van der Waals surface area (Å²) in [6, 6.07) is 2.79. The van der Waals surface area contributed by atoms with Crippen LogP contribution in [0.1, 0.15) is 42.1 Å². The summed E-state index contributed by atoms with van der Waals surface area (Å²) in [6.45, 7) is 3.90. The first-order valence-electron chi connectivity index (χ1n) is 4.76. The summed E-state index contributed by atoms with van der Waals surface area (Å²) in [5, 5.41) is 27.5. The predicted octanol–water partition coefficient (Wildman–Crippen LogP) is 2.31. The molecule has 0 aliphatic heterocycles. The number of hydrogen-bond donors (Lipinski definition) is 3. The molecule has 0 saturated carbocycles. The Morgan fingerprint density at radius 3 is 2.47 bits per heavy atom. The van der Waals surface area contributed by atoms with Gasteiger partial charge in [-0.1, -0.05) is 13.8 Å². The molecule has 0 saturated heterocycles. The lowest BCUT2D eigenvalue weighted by Gasteiger charge is -2.11. The molecule has 1 unspecified atom stereocenters. The van der Waals surface area contributed by atoms with Crippen LogP contribution in [0.3, 0.4) is 0 Å². The van der Waals surface area contributed by atoms with Crippen LogP contribution >= 0.6 is 0 Å². The Kier molecular flexibility index (Phi) is 3.19. The second-order valence-corrected chi connectivity index (χ2v) is 3.55. The molecule has 82 valence electrons. The highest BCUT2D eigenvalue weighted by Crippen LogP contribution is 2.33. The number of carboxylic acids is 1. The maximum Gasteiger partial charge on any atom is 0.339 e. The van der Waals surface area contributed by atoms with Gasteiger partial charge < -0.3 is 15.3 Å². The van der Waals surface area contributed by atoms with Gasteiger partial charge >= 0.3 is 5.97 Å². The SMILES string of the molecule is CCC(C)c1cc(O)c(O)c(C(=O)O)c1. The molecule has 1 aromatic rings. The quantitative estimate of drug-likeness (QED) is 0.669. The van der Waals surface area contributed by atoms with Crippen LogP contribution in [-0.2, 0) is 0 Å². The van der Waals surface area contributed by atoms with Gasteiger partial charge in [-0.05, 0) is 30.0 Å². The lowest BCUT2D eigenvalue weighted by Crippen LogP contribution is -2.00. The second-order valence-electron chi connectivity index (χ2n) is 3.55. The van der Waals surface area contributed by atoms with Crippen molar-refractivity contribution in [3.8, 4) is 11.5 Å². The number of rotatable bonds is 3. The fraction of sp³-hybridized carbons (Fsp3) is 0.364. The van der Waals surface area contributed by atoms with Crippen LogP contribution in [0.4, 0.5) is 0 Å². The monoisotopic (exact) mass is 210 g/mol. The Balaban J connectivity index is 3.29. The molecule has 1 atom stereocenters. The summed E-state index contributed by atoms with van der Waals surface area (Å²) in [7, 11) is 0. The lowest BCUT2D eigenvalue weighted by atomic mass is 9.96. The normalized spacial score (nSPS) is 12.4. The molecule has 0 amide bonds. The van der Waals surface area contributed by atoms with Crippen LogP contribution in [0.15, 0.2) is 12.1 Å². The zero-order valence-corrected chi connectivity index (χ0v) is 8.69. The summed E-state index contributed by atoms with van der Waals surface area (Å²) < 4.78 is 0. The average molecular weight is 210 g/mol. The van der Waals surface area contributed by atoms with Crippen molar-refractivity contribution in [1.82, 2.24) is 0 Å². The lowest BCUT2D eigenvalue weighted by molar-refractivity contribution is 0.0693. The van der Waals surface area contributed by atoms with Crippen LogP contribution in [0.25, 0.3) is 0 Å². The van der Waals surface area contributed by atoms with Gasteiger partial charge in [-0.2, -0.15) is 0 Å². The largest absolute Gasteiger partial charge is 0.504 e. The fourth-order valence-corrected chi connectivity index (χ4v) is 1.32. The third-order valence-electron chi connectivity index (χ3n) is 2.52. The molecular weight excluding hydrogens is 196 g/mol. The average Bonchev–Trinajstić information content (AvgIpc) is 2.20. The van der Waals surface area contributed by atoms with E-state index in [1.54, 1.807) is 0 Å². The van der Waals surface area contributed by atoms with E-state index >= 15 is 0 Å². The van der Waals surface area contributed by atoms with Gasteiger partial charge in [-0.3, -0.25) is 0 Å². The summed E-state index contributed by atoms with van der Waals surface area (Å²) >= 11 is 0. The van der Waals surface area contributed by atoms with E-state index in [-0.39, 0.29) is 17.2 Å². The Bertz CT molecular complexity index is 384. The van der Waals surface area contributed by atoms with E-state index in [4.69, 9.17) is 5.11 Å². The van der Waals surface area contributed by atoms with Gasteiger partial charge in [0.1, 0.15) is 5.56 Å². The molecule has 1 rings (SSSR count). The minimum atomic E-state index is -1.24. The summed E-state index contributed by atoms with van der Waals surface area (Å²) in [4.78, 5) is 10.8.